The monoisotopic (exact) mass is 711 g/mol. The standard InChI is InChI=1S/C26H30BrN15O5/c1-12(27)22(43)31-18-9-14(40(3)35-18)24(45)33-20-11-16(42(5)37-20)26(47)34-21-10-15(41(4)38-21)25(46)32-19-8-13(39(2)36-19)23(44)30-7-6-17(28)29/h8-11H,1,6-7H2,2-5H3,(H3,28,29)(H,30,44)(H,31,35,43)(H,32,36,46)(H,33,37,45)(H,34,38,47). The zero-order chi connectivity index (χ0) is 34.6. The molecule has 4 aromatic rings. The molecule has 0 unspecified atom stereocenters. The first-order valence-corrected chi connectivity index (χ1v) is 14.3. The quantitative estimate of drug-likeness (QED) is 0.0599. The molecule has 0 bridgehead atoms. The lowest BCUT2D eigenvalue weighted by atomic mass is 10.3. The molecule has 0 aliphatic heterocycles. The lowest BCUT2D eigenvalue weighted by Crippen LogP contribution is -2.29. The average molecular weight is 713 g/mol. The van der Waals surface area contributed by atoms with E-state index < -0.39 is 29.5 Å². The van der Waals surface area contributed by atoms with Crippen LogP contribution in [0.4, 0.5) is 23.3 Å². The molecular formula is C26H30BrN15O5. The van der Waals surface area contributed by atoms with Crippen LogP contribution in [0.5, 0.6) is 0 Å². The molecule has 0 aromatic carbocycles. The Morgan fingerprint density at radius 1 is 0.681 bits per heavy atom. The van der Waals surface area contributed by atoms with Gasteiger partial charge in [-0.15, -0.1) is 0 Å². The number of hydrogen-bond donors (Lipinski definition) is 7. The molecule has 0 radical (unpaired) electrons. The van der Waals surface area contributed by atoms with Crippen LogP contribution in [0.2, 0.25) is 0 Å². The number of rotatable bonds is 12. The number of carbonyl (C=O) groups excluding carboxylic acids is 5. The average Bonchev–Trinajstić information content (AvgIpc) is 3.73. The molecule has 20 nitrogen and oxygen atoms in total. The molecule has 21 heteroatoms. The summed E-state index contributed by atoms with van der Waals surface area (Å²) in [5.74, 6) is -2.54. The van der Waals surface area contributed by atoms with E-state index in [0.717, 1.165) is 0 Å². The van der Waals surface area contributed by atoms with E-state index in [1.54, 1.807) is 0 Å². The van der Waals surface area contributed by atoms with Gasteiger partial charge in [-0.25, -0.2) is 0 Å². The number of nitrogens with two attached hydrogens (primary N) is 1. The number of halogens is 1. The Kier molecular flexibility index (Phi) is 9.98. The van der Waals surface area contributed by atoms with Crippen LogP contribution in [0.25, 0.3) is 0 Å². The van der Waals surface area contributed by atoms with Crippen molar-refractivity contribution < 1.29 is 24.0 Å². The van der Waals surface area contributed by atoms with Crippen LogP contribution in [-0.2, 0) is 33.0 Å². The Bertz CT molecular complexity index is 1930. The SMILES string of the molecule is C=C(Br)C(=O)Nc1cc(C(=O)Nc2cc(C(=O)Nc3cc(C(=O)Nc4cc(C(=O)NCCC(=N)N)n(C)n4)n(C)n3)n(C)n2)n(C)n1. The van der Waals surface area contributed by atoms with Crippen molar-refractivity contribution in [1.82, 2.24) is 44.4 Å². The lowest BCUT2D eigenvalue weighted by Gasteiger charge is -2.03. The van der Waals surface area contributed by atoms with E-state index in [2.05, 4.69) is 69.5 Å². The first-order chi connectivity index (χ1) is 22.1. The van der Waals surface area contributed by atoms with Gasteiger partial charge in [0, 0.05) is 65.4 Å². The van der Waals surface area contributed by atoms with Crippen molar-refractivity contribution in [2.45, 2.75) is 6.42 Å². The van der Waals surface area contributed by atoms with E-state index in [1.807, 2.05) is 0 Å². The Morgan fingerprint density at radius 3 is 1.32 bits per heavy atom. The van der Waals surface area contributed by atoms with Crippen molar-refractivity contribution in [3.63, 3.8) is 0 Å². The van der Waals surface area contributed by atoms with E-state index in [9.17, 15) is 24.0 Å². The number of amides is 5. The number of nitrogens with zero attached hydrogens (tertiary/aromatic N) is 8. The lowest BCUT2D eigenvalue weighted by molar-refractivity contribution is -0.112. The van der Waals surface area contributed by atoms with Gasteiger partial charge in [0.25, 0.3) is 29.5 Å². The predicted molar refractivity (Wildman–Crippen MR) is 172 cm³/mol. The van der Waals surface area contributed by atoms with E-state index in [0.29, 0.717) is 0 Å². The molecule has 0 saturated carbocycles. The Balaban J connectivity index is 1.38. The van der Waals surface area contributed by atoms with Gasteiger partial charge in [-0.3, -0.25) is 48.1 Å². The summed E-state index contributed by atoms with van der Waals surface area (Å²) < 4.78 is 5.12. The van der Waals surface area contributed by atoms with Crippen molar-refractivity contribution in [2.75, 3.05) is 27.8 Å². The molecule has 0 atom stereocenters. The number of aryl methyl sites for hydroxylation is 4. The van der Waals surface area contributed by atoms with Crippen molar-refractivity contribution in [3.05, 3.63) is 58.1 Å². The summed E-state index contributed by atoms with van der Waals surface area (Å²) in [6, 6.07) is 5.42. The summed E-state index contributed by atoms with van der Waals surface area (Å²) in [6.45, 7) is 3.64. The third-order valence-electron chi connectivity index (χ3n) is 6.34. The number of nitrogens with one attached hydrogen (secondary N) is 6. The molecule has 4 heterocycles. The summed E-state index contributed by atoms with van der Waals surface area (Å²) in [7, 11) is 6.04. The van der Waals surface area contributed by atoms with Gasteiger partial charge in [0.2, 0.25) is 0 Å². The summed E-state index contributed by atoms with van der Waals surface area (Å²) in [6.07, 6.45) is 0.191. The van der Waals surface area contributed by atoms with Gasteiger partial charge >= 0.3 is 0 Å². The highest BCUT2D eigenvalue weighted by Crippen LogP contribution is 2.17. The first-order valence-electron chi connectivity index (χ1n) is 13.5. The Hall–Kier alpha value is -6.12. The van der Waals surface area contributed by atoms with Crippen LogP contribution in [0.1, 0.15) is 48.4 Å². The molecule has 0 aliphatic carbocycles. The molecule has 5 amide bonds. The third-order valence-corrected chi connectivity index (χ3v) is 6.70. The van der Waals surface area contributed by atoms with Gasteiger partial charge < -0.3 is 32.3 Å². The fraction of sp³-hybridized carbons (Fsp3) is 0.231. The molecule has 246 valence electrons. The molecule has 0 spiro atoms. The summed E-state index contributed by atoms with van der Waals surface area (Å²) in [5.41, 5.74) is 5.71. The van der Waals surface area contributed by atoms with Crippen LogP contribution in [0.3, 0.4) is 0 Å². The van der Waals surface area contributed by atoms with Gasteiger partial charge in [0.05, 0.1) is 10.3 Å². The maximum atomic E-state index is 13.0. The number of carbonyl (C=O) groups is 5. The highest BCUT2D eigenvalue weighted by Gasteiger charge is 2.22. The van der Waals surface area contributed by atoms with Crippen molar-refractivity contribution >= 4 is 74.6 Å². The number of aromatic nitrogens is 8. The van der Waals surface area contributed by atoms with Gasteiger partial charge in [0.1, 0.15) is 22.8 Å². The second kappa shape index (κ2) is 13.9. The minimum absolute atomic E-state index is 0.0524. The molecule has 47 heavy (non-hydrogen) atoms. The highest BCUT2D eigenvalue weighted by atomic mass is 79.9. The largest absolute Gasteiger partial charge is 0.388 e. The number of anilines is 4. The van der Waals surface area contributed by atoms with Crippen LogP contribution in [0.15, 0.2) is 35.3 Å². The first kappa shape index (κ1) is 33.8. The van der Waals surface area contributed by atoms with Crippen LogP contribution in [0, 0.1) is 5.41 Å². The van der Waals surface area contributed by atoms with Gasteiger partial charge in [-0.2, -0.15) is 20.4 Å². The van der Waals surface area contributed by atoms with Gasteiger partial charge in [-0.05, 0) is 15.9 Å². The zero-order valence-corrected chi connectivity index (χ0v) is 27.1. The Morgan fingerprint density at radius 2 is 1.00 bits per heavy atom. The van der Waals surface area contributed by atoms with Crippen molar-refractivity contribution in [3.8, 4) is 0 Å². The molecular weight excluding hydrogens is 682 g/mol. The Labute approximate surface area is 274 Å². The van der Waals surface area contributed by atoms with Crippen LogP contribution < -0.4 is 32.3 Å². The van der Waals surface area contributed by atoms with E-state index in [-0.39, 0.29) is 69.3 Å². The van der Waals surface area contributed by atoms with E-state index >= 15 is 0 Å². The van der Waals surface area contributed by atoms with Crippen molar-refractivity contribution in [2.24, 2.45) is 33.9 Å². The molecule has 0 saturated heterocycles. The second-order valence-corrected chi connectivity index (χ2v) is 10.9. The summed E-state index contributed by atoms with van der Waals surface area (Å²) in [4.78, 5) is 63.1. The predicted octanol–water partition coefficient (Wildman–Crippen LogP) is 0.280. The smallest absolute Gasteiger partial charge is 0.275 e. The molecule has 8 N–H and O–H groups in total. The number of amidine groups is 1. The van der Waals surface area contributed by atoms with Gasteiger partial charge in [0.15, 0.2) is 23.3 Å². The fourth-order valence-electron chi connectivity index (χ4n) is 4.09. The molecule has 0 aliphatic rings. The maximum absolute atomic E-state index is 13.0. The van der Waals surface area contributed by atoms with E-state index in [1.165, 1.54) is 71.2 Å². The fourth-order valence-corrected chi connectivity index (χ4v) is 4.19. The summed E-state index contributed by atoms with van der Waals surface area (Å²) >= 11 is 2.97. The highest BCUT2D eigenvalue weighted by molar-refractivity contribution is 9.12. The topological polar surface area (TPSA) is 267 Å². The minimum atomic E-state index is -0.628. The second-order valence-electron chi connectivity index (χ2n) is 9.91. The molecule has 0 fully saturated rings. The normalized spacial score (nSPS) is 10.7. The maximum Gasteiger partial charge on any atom is 0.275 e. The number of hydrogen-bond acceptors (Lipinski definition) is 10. The van der Waals surface area contributed by atoms with Crippen LogP contribution in [-0.4, -0.2) is 81.0 Å². The molecule has 4 rings (SSSR count). The van der Waals surface area contributed by atoms with Gasteiger partial charge in [-0.1, -0.05) is 6.58 Å². The zero-order valence-electron chi connectivity index (χ0n) is 25.5. The van der Waals surface area contributed by atoms with Crippen LogP contribution >= 0.6 is 15.9 Å². The minimum Gasteiger partial charge on any atom is -0.388 e. The van der Waals surface area contributed by atoms with E-state index in [4.69, 9.17) is 11.1 Å². The third kappa shape index (κ3) is 8.13. The molecule has 4 aromatic heterocycles. The van der Waals surface area contributed by atoms with Crippen molar-refractivity contribution in [1.29, 1.82) is 5.41 Å². The summed E-state index contributed by atoms with van der Waals surface area (Å²) in [5, 5.41) is 36.6.